The zero-order valence-electron chi connectivity index (χ0n) is 18.3. The number of likely N-dealkylation sites (tertiary alicyclic amines) is 1. The van der Waals surface area contributed by atoms with E-state index in [0.717, 1.165) is 45.6 Å². The molecule has 29 heavy (non-hydrogen) atoms. The molecule has 1 saturated heterocycles. The minimum absolute atomic E-state index is 0.264. The Hall–Kier alpha value is -1.72. The van der Waals surface area contributed by atoms with E-state index in [2.05, 4.69) is 47.1 Å². The summed E-state index contributed by atoms with van der Waals surface area (Å²) in [4.78, 5) is 31.8. The number of fused-ring (bicyclic) bond motifs is 1. The Kier molecular flexibility index (Phi) is 7.84. The Bertz CT molecular complexity index is 676. The summed E-state index contributed by atoms with van der Waals surface area (Å²) in [7, 11) is 4.09. The van der Waals surface area contributed by atoms with Crippen molar-refractivity contribution in [2.75, 3.05) is 40.3 Å². The van der Waals surface area contributed by atoms with E-state index in [9.17, 15) is 9.59 Å². The monoisotopic (exact) mass is 399 g/mol. The van der Waals surface area contributed by atoms with Gasteiger partial charge in [-0.1, -0.05) is 30.3 Å². The fraction of sp³-hybridized carbons (Fsp3) is 0.667. The normalized spacial score (nSPS) is 25.1. The van der Waals surface area contributed by atoms with Gasteiger partial charge in [0.15, 0.2) is 0 Å². The average molecular weight is 400 g/mol. The Balaban J connectivity index is 1.66. The van der Waals surface area contributed by atoms with E-state index in [1.54, 1.807) is 0 Å². The van der Waals surface area contributed by atoms with Crippen LogP contribution in [-0.4, -0.2) is 72.7 Å². The Labute approximate surface area is 176 Å². The molecule has 160 valence electrons. The van der Waals surface area contributed by atoms with Crippen molar-refractivity contribution in [3.63, 3.8) is 0 Å². The zero-order chi connectivity index (χ0) is 20.8. The molecule has 1 aromatic carbocycles. The molecule has 1 amide bonds. The third-order valence-electron chi connectivity index (χ3n) is 6.59. The fourth-order valence-corrected chi connectivity index (χ4v) is 5.07. The number of Topliss-reactive ketones (excluding diaryl/α,β-unsaturated/α-hetero) is 1. The lowest BCUT2D eigenvalue weighted by molar-refractivity contribution is -0.133. The second-order valence-corrected chi connectivity index (χ2v) is 9.11. The van der Waals surface area contributed by atoms with Gasteiger partial charge in [-0.15, -0.1) is 0 Å². The van der Waals surface area contributed by atoms with Gasteiger partial charge in [-0.25, -0.2) is 0 Å². The summed E-state index contributed by atoms with van der Waals surface area (Å²) < 4.78 is 0. The highest BCUT2D eigenvalue weighted by Crippen LogP contribution is 2.38. The van der Waals surface area contributed by atoms with Gasteiger partial charge in [-0.2, -0.15) is 0 Å². The molecule has 2 aliphatic rings. The number of amides is 1. The van der Waals surface area contributed by atoms with Crippen molar-refractivity contribution in [3.05, 3.63) is 35.9 Å². The average Bonchev–Trinajstić information content (AvgIpc) is 2.68. The summed E-state index contributed by atoms with van der Waals surface area (Å²) >= 11 is 0. The summed E-state index contributed by atoms with van der Waals surface area (Å²) in [6.07, 6.45) is 3.99. The van der Waals surface area contributed by atoms with Crippen molar-refractivity contribution in [1.29, 1.82) is 0 Å². The van der Waals surface area contributed by atoms with Crippen molar-refractivity contribution in [2.45, 2.75) is 51.6 Å². The molecular weight excluding hydrogens is 362 g/mol. The number of benzene rings is 1. The molecule has 5 heteroatoms. The topological polar surface area (TPSA) is 43.9 Å². The standard InChI is InChI=1S/C24H37N3O2/c1-4-26(13-12-25(2)3)24(29)15-20-14-21-16-22(28)10-11-23(21)27(18-20)17-19-8-6-5-7-9-19/h5-9,20-21,23H,4,10-18H2,1-3H3/t20-,21-,23-/m1/s1. The number of hydrogen-bond donors (Lipinski definition) is 0. The number of ketones is 1. The fourth-order valence-electron chi connectivity index (χ4n) is 5.07. The minimum Gasteiger partial charge on any atom is -0.342 e. The van der Waals surface area contributed by atoms with E-state index in [4.69, 9.17) is 0 Å². The van der Waals surface area contributed by atoms with Gasteiger partial charge in [0.05, 0.1) is 0 Å². The highest BCUT2D eigenvalue weighted by molar-refractivity contribution is 5.79. The number of carbonyl (C=O) groups excluding carboxylic acids is 2. The quantitative estimate of drug-likeness (QED) is 0.674. The molecule has 1 saturated carbocycles. The summed E-state index contributed by atoms with van der Waals surface area (Å²) in [6.45, 7) is 6.38. The predicted octanol–water partition coefficient (Wildman–Crippen LogP) is 3.05. The second-order valence-electron chi connectivity index (χ2n) is 9.11. The summed E-state index contributed by atoms with van der Waals surface area (Å²) in [5.74, 6) is 1.41. The third-order valence-corrected chi connectivity index (χ3v) is 6.59. The first-order valence-electron chi connectivity index (χ1n) is 11.2. The van der Waals surface area contributed by atoms with Crippen LogP contribution in [0.25, 0.3) is 0 Å². The van der Waals surface area contributed by atoms with Gasteiger partial charge in [-0.3, -0.25) is 14.5 Å². The maximum Gasteiger partial charge on any atom is 0.222 e. The molecule has 0 spiro atoms. The van der Waals surface area contributed by atoms with Crippen LogP contribution in [-0.2, 0) is 16.1 Å². The number of hydrogen-bond acceptors (Lipinski definition) is 4. The lowest BCUT2D eigenvalue weighted by Crippen LogP contribution is -2.51. The Morgan fingerprint density at radius 2 is 1.93 bits per heavy atom. The van der Waals surface area contributed by atoms with Crippen LogP contribution in [0.4, 0.5) is 0 Å². The summed E-state index contributed by atoms with van der Waals surface area (Å²) in [6, 6.07) is 11.1. The SMILES string of the molecule is CCN(CCN(C)C)C(=O)C[C@H]1C[C@@H]2CC(=O)CC[C@H]2N(Cc2ccccc2)C1. The highest BCUT2D eigenvalue weighted by Gasteiger charge is 2.40. The minimum atomic E-state index is 0.264. The number of piperidine rings is 1. The van der Waals surface area contributed by atoms with E-state index in [0.29, 0.717) is 42.9 Å². The maximum absolute atomic E-state index is 13.0. The molecule has 0 radical (unpaired) electrons. The molecule has 0 bridgehead atoms. The van der Waals surface area contributed by atoms with E-state index >= 15 is 0 Å². The van der Waals surface area contributed by atoms with Gasteiger partial charge in [-0.05, 0) is 51.3 Å². The number of nitrogens with zero attached hydrogens (tertiary/aromatic N) is 3. The van der Waals surface area contributed by atoms with Gasteiger partial charge in [0.1, 0.15) is 5.78 Å². The van der Waals surface area contributed by atoms with Crippen LogP contribution in [0.15, 0.2) is 30.3 Å². The van der Waals surface area contributed by atoms with E-state index < -0.39 is 0 Å². The Morgan fingerprint density at radius 3 is 2.62 bits per heavy atom. The van der Waals surface area contributed by atoms with E-state index in [1.165, 1.54) is 5.56 Å². The van der Waals surface area contributed by atoms with Crippen LogP contribution in [0.2, 0.25) is 0 Å². The van der Waals surface area contributed by atoms with Crippen LogP contribution < -0.4 is 0 Å². The molecule has 1 heterocycles. The van der Waals surface area contributed by atoms with Crippen LogP contribution in [0, 0.1) is 11.8 Å². The first-order valence-corrected chi connectivity index (χ1v) is 11.2. The van der Waals surface area contributed by atoms with Gasteiger partial charge < -0.3 is 9.80 Å². The van der Waals surface area contributed by atoms with Gasteiger partial charge >= 0.3 is 0 Å². The third kappa shape index (κ3) is 6.13. The van der Waals surface area contributed by atoms with Crippen molar-refractivity contribution < 1.29 is 9.59 Å². The highest BCUT2D eigenvalue weighted by atomic mass is 16.2. The molecule has 0 aromatic heterocycles. The number of likely N-dealkylation sites (N-methyl/N-ethyl adjacent to an activating group) is 2. The van der Waals surface area contributed by atoms with E-state index in [-0.39, 0.29) is 5.91 Å². The largest absolute Gasteiger partial charge is 0.342 e. The second kappa shape index (κ2) is 10.4. The van der Waals surface area contributed by atoms with Crippen molar-refractivity contribution in [3.8, 4) is 0 Å². The number of carbonyl (C=O) groups is 2. The van der Waals surface area contributed by atoms with Crippen molar-refractivity contribution in [2.24, 2.45) is 11.8 Å². The molecule has 1 aromatic rings. The molecule has 3 rings (SSSR count). The van der Waals surface area contributed by atoms with Crippen LogP contribution >= 0.6 is 0 Å². The first kappa shape index (κ1) is 22.0. The lowest BCUT2D eigenvalue weighted by Gasteiger charge is -2.47. The van der Waals surface area contributed by atoms with Gasteiger partial charge in [0.2, 0.25) is 5.91 Å². The van der Waals surface area contributed by atoms with E-state index in [1.807, 2.05) is 19.0 Å². The molecule has 1 aliphatic heterocycles. The van der Waals surface area contributed by atoms with Crippen LogP contribution in [0.1, 0.15) is 44.6 Å². The maximum atomic E-state index is 13.0. The summed E-state index contributed by atoms with van der Waals surface area (Å²) in [5, 5.41) is 0. The smallest absolute Gasteiger partial charge is 0.222 e. The van der Waals surface area contributed by atoms with Crippen molar-refractivity contribution in [1.82, 2.24) is 14.7 Å². The van der Waals surface area contributed by atoms with Gasteiger partial charge in [0, 0.05) is 58.0 Å². The Morgan fingerprint density at radius 1 is 1.17 bits per heavy atom. The molecule has 0 unspecified atom stereocenters. The van der Waals surface area contributed by atoms with Gasteiger partial charge in [0.25, 0.3) is 0 Å². The van der Waals surface area contributed by atoms with Crippen molar-refractivity contribution >= 4 is 11.7 Å². The van der Waals surface area contributed by atoms with Crippen LogP contribution in [0.5, 0.6) is 0 Å². The molecular formula is C24H37N3O2. The van der Waals surface area contributed by atoms with Crippen LogP contribution in [0.3, 0.4) is 0 Å². The molecule has 0 N–H and O–H groups in total. The predicted molar refractivity (Wildman–Crippen MR) is 117 cm³/mol. The molecule has 5 nitrogen and oxygen atoms in total. The molecule has 1 aliphatic carbocycles. The molecule has 2 fully saturated rings. The zero-order valence-corrected chi connectivity index (χ0v) is 18.3. The first-order chi connectivity index (χ1) is 14.0. The molecule has 3 atom stereocenters. The lowest BCUT2D eigenvalue weighted by atomic mass is 9.73. The summed E-state index contributed by atoms with van der Waals surface area (Å²) in [5.41, 5.74) is 1.32. The number of rotatable bonds is 8.